The molecule has 0 aliphatic heterocycles. The molecule has 0 aliphatic carbocycles. The van der Waals surface area contributed by atoms with Crippen molar-refractivity contribution < 1.29 is 14.6 Å². The lowest BCUT2D eigenvalue weighted by Gasteiger charge is -2.14. The molecule has 1 atom stereocenters. The van der Waals surface area contributed by atoms with Gasteiger partial charge in [0.2, 0.25) is 0 Å². The van der Waals surface area contributed by atoms with Gasteiger partial charge in [-0.1, -0.05) is 78.7 Å². The fourth-order valence-electron chi connectivity index (χ4n) is 2.92. The van der Waals surface area contributed by atoms with Crippen molar-refractivity contribution in [2.75, 3.05) is 6.61 Å². The third kappa shape index (κ3) is 4.63. The highest BCUT2D eigenvalue weighted by Gasteiger charge is 2.12. The van der Waals surface area contributed by atoms with E-state index in [2.05, 4.69) is 48.0 Å². The van der Waals surface area contributed by atoms with Gasteiger partial charge in [-0.3, -0.25) is 0 Å². The van der Waals surface area contributed by atoms with E-state index >= 15 is 0 Å². The zero-order valence-corrected chi connectivity index (χ0v) is 17.6. The molecule has 1 N–H and O–H groups in total. The van der Waals surface area contributed by atoms with Gasteiger partial charge in [-0.25, -0.2) is 4.79 Å². The number of aromatic carboxylic acids is 1. The van der Waals surface area contributed by atoms with Crippen molar-refractivity contribution in [3.8, 4) is 28.0 Å². The first kappa shape index (κ1) is 20.2. The summed E-state index contributed by atoms with van der Waals surface area (Å²) in [6.45, 7) is 5.06. The van der Waals surface area contributed by atoms with Gasteiger partial charge in [-0.2, -0.15) is 0 Å². The van der Waals surface area contributed by atoms with Gasteiger partial charge in [0.05, 0.1) is 12.2 Å². The van der Waals surface area contributed by atoms with Crippen LogP contribution in [0, 0.1) is 5.92 Å². The Bertz CT molecular complexity index is 964. The molecular formula is C24H23BrO3. The number of ether oxygens (including phenoxy) is 1. The van der Waals surface area contributed by atoms with E-state index < -0.39 is 5.97 Å². The maximum absolute atomic E-state index is 11.2. The molecule has 0 spiro atoms. The molecule has 0 saturated carbocycles. The molecule has 0 radical (unpaired) electrons. The molecule has 144 valence electrons. The summed E-state index contributed by atoms with van der Waals surface area (Å²) in [7, 11) is 0. The van der Waals surface area contributed by atoms with Gasteiger partial charge in [0.15, 0.2) is 0 Å². The minimum absolute atomic E-state index is 0.260. The van der Waals surface area contributed by atoms with Gasteiger partial charge in [-0.05, 0) is 52.4 Å². The molecule has 0 heterocycles. The Labute approximate surface area is 174 Å². The van der Waals surface area contributed by atoms with E-state index in [4.69, 9.17) is 4.74 Å². The fraction of sp³-hybridized carbons (Fsp3) is 0.208. The highest BCUT2D eigenvalue weighted by Crippen LogP contribution is 2.37. The molecule has 0 aromatic heterocycles. The zero-order chi connectivity index (χ0) is 20.1. The normalized spacial score (nSPS) is 11.8. The lowest BCUT2D eigenvalue weighted by molar-refractivity contribution is 0.0697. The van der Waals surface area contributed by atoms with Crippen LogP contribution >= 0.6 is 15.9 Å². The van der Waals surface area contributed by atoms with Crippen molar-refractivity contribution in [2.24, 2.45) is 5.92 Å². The lowest BCUT2D eigenvalue weighted by Crippen LogP contribution is -2.06. The summed E-state index contributed by atoms with van der Waals surface area (Å²) in [5, 5.41) is 9.19. The van der Waals surface area contributed by atoms with Crippen LogP contribution in [0.5, 0.6) is 5.75 Å². The minimum Gasteiger partial charge on any atom is -0.493 e. The number of hydrogen-bond donors (Lipinski definition) is 1. The maximum Gasteiger partial charge on any atom is 0.335 e. The predicted octanol–water partition coefficient (Wildman–Crippen LogP) is 6.91. The molecule has 3 nitrogen and oxygen atoms in total. The number of carboxylic acids is 1. The summed E-state index contributed by atoms with van der Waals surface area (Å²) in [6, 6.07) is 21.3. The Morgan fingerprint density at radius 1 is 1.00 bits per heavy atom. The second-order valence-corrected chi connectivity index (χ2v) is 7.75. The Morgan fingerprint density at radius 3 is 2.29 bits per heavy atom. The van der Waals surface area contributed by atoms with Crippen LogP contribution in [0.2, 0.25) is 0 Å². The fourth-order valence-corrected chi connectivity index (χ4v) is 3.52. The zero-order valence-electron chi connectivity index (χ0n) is 16.0. The minimum atomic E-state index is -0.937. The van der Waals surface area contributed by atoms with Gasteiger partial charge >= 0.3 is 5.97 Å². The average molecular weight is 439 g/mol. The molecule has 0 bridgehead atoms. The Hall–Kier alpha value is -2.59. The van der Waals surface area contributed by atoms with Crippen LogP contribution in [0.4, 0.5) is 0 Å². The van der Waals surface area contributed by atoms with Crippen LogP contribution < -0.4 is 4.74 Å². The van der Waals surface area contributed by atoms with E-state index in [9.17, 15) is 9.90 Å². The summed E-state index contributed by atoms with van der Waals surface area (Å²) in [5.74, 6) is 0.466. The highest BCUT2D eigenvalue weighted by atomic mass is 79.9. The highest BCUT2D eigenvalue weighted by molar-refractivity contribution is 9.10. The monoisotopic (exact) mass is 438 g/mol. The Balaban J connectivity index is 1.92. The standard InChI is InChI=1S/C24H23BrO3/c1-3-16(2)15-28-19-11-8-17(9-12-19)20-6-4-5-7-21(20)22-13-10-18(24(26)27)14-23(22)25/h4-14,16H,3,15H2,1-2H3,(H,26,27). The molecule has 0 aliphatic rings. The van der Waals surface area contributed by atoms with Crippen molar-refractivity contribution in [2.45, 2.75) is 20.3 Å². The van der Waals surface area contributed by atoms with E-state index in [0.717, 1.165) is 45.5 Å². The molecule has 3 rings (SSSR count). The predicted molar refractivity (Wildman–Crippen MR) is 117 cm³/mol. The van der Waals surface area contributed by atoms with E-state index in [1.165, 1.54) is 0 Å². The number of halogens is 1. The van der Waals surface area contributed by atoms with Crippen molar-refractivity contribution in [3.05, 3.63) is 76.8 Å². The second-order valence-electron chi connectivity index (χ2n) is 6.89. The summed E-state index contributed by atoms with van der Waals surface area (Å²) < 4.78 is 6.61. The van der Waals surface area contributed by atoms with Crippen LogP contribution in [0.1, 0.15) is 30.6 Å². The number of benzene rings is 3. The summed E-state index contributed by atoms with van der Waals surface area (Å²) >= 11 is 3.53. The number of rotatable bonds is 7. The van der Waals surface area contributed by atoms with Crippen molar-refractivity contribution in [1.82, 2.24) is 0 Å². The number of carbonyl (C=O) groups is 1. The van der Waals surface area contributed by atoms with Gasteiger partial charge < -0.3 is 9.84 Å². The summed E-state index contributed by atoms with van der Waals surface area (Å²) in [6.07, 6.45) is 1.10. The number of hydrogen-bond acceptors (Lipinski definition) is 2. The van der Waals surface area contributed by atoms with E-state index in [1.54, 1.807) is 12.1 Å². The van der Waals surface area contributed by atoms with Gasteiger partial charge in [0, 0.05) is 4.47 Å². The van der Waals surface area contributed by atoms with Gasteiger partial charge in [0.25, 0.3) is 0 Å². The molecule has 0 amide bonds. The average Bonchev–Trinajstić information content (AvgIpc) is 2.72. The SMILES string of the molecule is CCC(C)COc1ccc(-c2ccccc2-c2ccc(C(=O)O)cc2Br)cc1. The first-order valence-corrected chi connectivity index (χ1v) is 10.1. The first-order chi connectivity index (χ1) is 13.5. The summed E-state index contributed by atoms with van der Waals surface area (Å²) in [4.78, 5) is 11.2. The van der Waals surface area contributed by atoms with Gasteiger partial charge in [-0.15, -0.1) is 0 Å². The van der Waals surface area contributed by atoms with E-state index in [1.807, 2.05) is 36.4 Å². The van der Waals surface area contributed by atoms with Crippen molar-refractivity contribution in [1.29, 1.82) is 0 Å². The number of carboxylic acid groups (broad SMARTS) is 1. The molecule has 0 fully saturated rings. The van der Waals surface area contributed by atoms with Crippen molar-refractivity contribution in [3.63, 3.8) is 0 Å². The van der Waals surface area contributed by atoms with Crippen LogP contribution in [-0.2, 0) is 0 Å². The second kappa shape index (κ2) is 9.07. The largest absolute Gasteiger partial charge is 0.493 e. The molecule has 3 aromatic carbocycles. The van der Waals surface area contributed by atoms with Crippen LogP contribution in [0.15, 0.2) is 71.2 Å². The topological polar surface area (TPSA) is 46.5 Å². The van der Waals surface area contributed by atoms with Crippen molar-refractivity contribution >= 4 is 21.9 Å². The van der Waals surface area contributed by atoms with Gasteiger partial charge in [0.1, 0.15) is 5.75 Å². The van der Waals surface area contributed by atoms with Crippen LogP contribution in [0.25, 0.3) is 22.3 Å². The van der Waals surface area contributed by atoms with Crippen LogP contribution in [0.3, 0.4) is 0 Å². The van der Waals surface area contributed by atoms with Crippen LogP contribution in [-0.4, -0.2) is 17.7 Å². The third-order valence-corrected chi connectivity index (χ3v) is 5.49. The smallest absolute Gasteiger partial charge is 0.335 e. The molecule has 4 heteroatoms. The Morgan fingerprint density at radius 2 is 1.68 bits per heavy atom. The first-order valence-electron chi connectivity index (χ1n) is 9.35. The lowest BCUT2D eigenvalue weighted by atomic mass is 9.94. The molecule has 3 aromatic rings. The Kier molecular flexibility index (Phi) is 6.53. The van der Waals surface area contributed by atoms with E-state index in [-0.39, 0.29) is 5.56 Å². The molecule has 1 unspecified atom stereocenters. The third-order valence-electron chi connectivity index (χ3n) is 4.83. The summed E-state index contributed by atoms with van der Waals surface area (Å²) in [5.41, 5.74) is 4.42. The molecular weight excluding hydrogens is 416 g/mol. The van der Waals surface area contributed by atoms with E-state index in [0.29, 0.717) is 5.92 Å². The molecule has 28 heavy (non-hydrogen) atoms. The molecule has 0 saturated heterocycles. The maximum atomic E-state index is 11.2. The quantitative estimate of drug-likeness (QED) is 0.435.